The molecule has 0 bridgehead atoms. The minimum Gasteiger partial charge on any atom is -0.380 e. The lowest BCUT2D eigenvalue weighted by molar-refractivity contribution is 0.124. The Morgan fingerprint density at radius 1 is 1.22 bits per heavy atom. The highest BCUT2D eigenvalue weighted by Crippen LogP contribution is 2.01. The highest BCUT2D eigenvalue weighted by molar-refractivity contribution is 7.88. The first-order valence-corrected chi connectivity index (χ1v) is 8.29. The predicted molar refractivity (Wildman–Crippen MR) is 75.2 cm³/mol. The summed E-state index contributed by atoms with van der Waals surface area (Å²) in [5.41, 5.74) is -0.481. The van der Waals surface area contributed by atoms with Gasteiger partial charge in [-0.2, -0.15) is 0 Å². The van der Waals surface area contributed by atoms with E-state index in [1.165, 1.54) is 6.26 Å². The van der Waals surface area contributed by atoms with Crippen LogP contribution in [0.3, 0.4) is 0 Å². The molecule has 18 heavy (non-hydrogen) atoms. The van der Waals surface area contributed by atoms with E-state index in [1.54, 1.807) is 0 Å². The van der Waals surface area contributed by atoms with E-state index in [2.05, 4.69) is 23.9 Å². The zero-order chi connectivity index (χ0) is 14.2. The monoisotopic (exact) mass is 280 g/mol. The van der Waals surface area contributed by atoms with Crippen LogP contribution in [-0.4, -0.2) is 46.5 Å². The van der Waals surface area contributed by atoms with Crippen LogP contribution in [0.5, 0.6) is 0 Å². The van der Waals surface area contributed by atoms with Crippen LogP contribution in [0, 0.1) is 5.92 Å². The van der Waals surface area contributed by atoms with Crippen molar-refractivity contribution in [3.63, 3.8) is 0 Å². The fourth-order valence-corrected chi connectivity index (χ4v) is 2.58. The Morgan fingerprint density at radius 3 is 2.33 bits per heavy atom. The number of ether oxygens (including phenoxy) is 1. The van der Waals surface area contributed by atoms with Crippen molar-refractivity contribution >= 4 is 10.0 Å². The van der Waals surface area contributed by atoms with Gasteiger partial charge in [0.15, 0.2) is 0 Å². The second kappa shape index (κ2) is 8.09. The molecule has 5 nitrogen and oxygen atoms in total. The molecule has 0 amide bonds. The average molecular weight is 280 g/mol. The Bertz CT molecular complexity index is 313. The van der Waals surface area contributed by atoms with Crippen molar-refractivity contribution in [3.8, 4) is 0 Å². The molecule has 0 aliphatic heterocycles. The van der Waals surface area contributed by atoms with Gasteiger partial charge in [-0.05, 0) is 26.2 Å². The average Bonchev–Trinajstić information content (AvgIpc) is 2.11. The van der Waals surface area contributed by atoms with E-state index in [0.717, 1.165) is 19.6 Å². The first-order valence-electron chi connectivity index (χ1n) is 6.40. The van der Waals surface area contributed by atoms with Gasteiger partial charge in [-0.15, -0.1) is 0 Å². The summed E-state index contributed by atoms with van der Waals surface area (Å²) < 4.78 is 30.3. The summed E-state index contributed by atoms with van der Waals surface area (Å²) in [6, 6.07) is 0. The third kappa shape index (κ3) is 12.3. The van der Waals surface area contributed by atoms with Crippen LogP contribution in [0.1, 0.15) is 34.1 Å². The number of sulfonamides is 1. The normalized spacial score (nSPS) is 13.2. The van der Waals surface area contributed by atoms with E-state index in [4.69, 9.17) is 4.74 Å². The van der Waals surface area contributed by atoms with Gasteiger partial charge in [0.1, 0.15) is 0 Å². The van der Waals surface area contributed by atoms with Gasteiger partial charge in [-0.3, -0.25) is 0 Å². The van der Waals surface area contributed by atoms with Gasteiger partial charge in [0.2, 0.25) is 10.0 Å². The highest BCUT2D eigenvalue weighted by atomic mass is 32.2. The summed E-state index contributed by atoms with van der Waals surface area (Å²) in [5.74, 6) is 0.663. The largest absolute Gasteiger partial charge is 0.380 e. The summed E-state index contributed by atoms with van der Waals surface area (Å²) in [6.45, 7) is 10.8. The zero-order valence-electron chi connectivity index (χ0n) is 12.2. The second-order valence-corrected chi connectivity index (χ2v) is 7.48. The number of rotatable bonds is 10. The maximum Gasteiger partial charge on any atom is 0.209 e. The molecule has 0 aromatic carbocycles. The Labute approximate surface area is 112 Å². The van der Waals surface area contributed by atoms with Gasteiger partial charge in [0, 0.05) is 25.2 Å². The molecule has 0 heterocycles. The maximum absolute atomic E-state index is 11.1. The molecule has 0 aliphatic rings. The van der Waals surface area contributed by atoms with Crippen molar-refractivity contribution in [2.45, 2.75) is 39.7 Å². The van der Waals surface area contributed by atoms with E-state index in [9.17, 15) is 8.42 Å². The second-order valence-electron chi connectivity index (χ2n) is 5.73. The lowest BCUT2D eigenvalue weighted by atomic mass is 10.1. The summed E-state index contributed by atoms with van der Waals surface area (Å²) in [5, 5.41) is 3.18. The number of hydrogen-bond donors (Lipinski definition) is 2. The third-order valence-electron chi connectivity index (χ3n) is 2.29. The first kappa shape index (κ1) is 17.8. The molecule has 0 aromatic heterocycles. The van der Waals surface area contributed by atoms with Crippen molar-refractivity contribution in [1.82, 2.24) is 10.0 Å². The van der Waals surface area contributed by atoms with Crippen molar-refractivity contribution in [2.24, 2.45) is 5.92 Å². The van der Waals surface area contributed by atoms with Gasteiger partial charge >= 0.3 is 0 Å². The van der Waals surface area contributed by atoms with E-state index in [-0.39, 0.29) is 0 Å². The van der Waals surface area contributed by atoms with Crippen LogP contribution in [-0.2, 0) is 14.8 Å². The van der Waals surface area contributed by atoms with E-state index < -0.39 is 15.6 Å². The molecule has 0 fully saturated rings. The lowest BCUT2D eigenvalue weighted by Gasteiger charge is -2.25. The van der Waals surface area contributed by atoms with Crippen LogP contribution >= 0.6 is 0 Å². The standard InChI is InChI=1S/C12H28N2O3S/c1-11(2)6-8-17-9-7-13-10-12(3,4)14-18(5,15)16/h11,13-14H,6-10H2,1-5H3. The van der Waals surface area contributed by atoms with Gasteiger partial charge < -0.3 is 10.1 Å². The Balaban J connectivity index is 3.59. The molecule has 110 valence electrons. The molecule has 0 saturated heterocycles. The zero-order valence-corrected chi connectivity index (χ0v) is 13.1. The molecule has 0 unspecified atom stereocenters. The van der Waals surface area contributed by atoms with Crippen molar-refractivity contribution in [1.29, 1.82) is 0 Å². The molecule has 6 heteroatoms. The van der Waals surface area contributed by atoms with E-state index >= 15 is 0 Å². The van der Waals surface area contributed by atoms with Gasteiger partial charge in [0.05, 0.1) is 12.9 Å². The maximum atomic E-state index is 11.1. The molecule has 0 rings (SSSR count). The SMILES string of the molecule is CC(C)CCOCCNCC(C)(C)NS(C)(=O)=O. The molecule has 0 aromatic rings. The lowest BCUT2D eigenvalue weighted by Crippen LogP contribution is -2.50. The van der Waals surface area contributed by atoms with Crippen LogP contribution in [0.2, 0.25) is 0 Å². The summed E-state index contributed by atoms with van der Waals surface area (Å²) >= 11 is 0. The molecular formula is C12H28N2O3S. The minimum absolute atomic E-state index is 0.481. The van der Waals surface area contributed by atoms with Gasteiger partial charge in [0.25, 0.3) is 0 Å². The van der Waals surface area contributed by atoms with Crippen molar-refractivity contribution in [2.75, 3.05) is 32.6 Å². The van der Waals surface area contributed by atoms with Gasteiger partial charge in [-0.25, -0.2) is 13.1 Å². The Hall–Kier alpha value is -0.170. The van der Waals surface area contributed by atoms with Crippen molar-refractivity contribution in [3.05, 3.63) is 0 Å². The fraction of sp³-hybridized carbons (Fsp3) is 1.00. The molecule has 0 radical (unpaired) electrons. The van der Waals surface area contributed by atoms with Crippen LogP contribution in [0.15, 0.2) is 0 Å². The molecule has 2 N–H and O–H groups in total. The Morgan fingerprint density at radius 2 is 1.83 bits per heavy atom. The van der Waals surface area contributed by atoms with Crippen LogP contribution < -0.4 is 10.0 Å². The van der Waals surface area contributed by atoms with Crippen LogP contribution in [0.25, 0.3) is 0 Å². The molecule has 0 aliphatic carbocycles. The molecule has 0 saturated carbocycles. The molecule has 0 spiro atoms. The first-order chi connectivity index (χ1) is 8.12. The molecular weight excluding hydrogens is 252 g/mol. The van der Waals surface area contributed by atoms with Gasteiger partial charge in [-0.1, -0.05) is 13.8 Å². The summed E-state index contributed by atoms with van der Waals surface area (Å²) in [6.07, 6.45) is 2.24. The fourth-order valence-electron chi connectivity index (χ4n) is 1.50. The summed E-state index contributed by atoms with van der Waals surface area (Å²) in [4.78, 5) is 0. The topological polar surface area (TPSA) is 67.4 Å². The van der Waals surface area contributed by atoms with E-state index in [0.29, 0.717) is 19.1 Å². The predicted octanol–water partition coefficient (Wildman–Crippen LogP) is 0.967. The van der Waals surface area contributed by atoms with E-state index in [1.807, 2.05) is 13.8 Å². The smallest absolute Gasteiger partial charge is 0.209 e. The van der Waals surface area contributed by atoms with Crippen molar-refractivity contribution < 1.29 is 13.2 Å². The summed E-state index contributed by atoms with van der Waals surface area (Å²) in [7, 11) is -3.16. The minimum atomic E-state index is -3.16. The third-order valence-corrected chi connectivity index (χ3v) is 3.21. The van der Waals surface area contributed by atoms with Crippen LogP contribution in [0.4, 0.5) is 0 Å². The molecule has 0 atom stereocenters. The number of hydrogen-bond acceptors (Lipinski definition) is 4. The Kier molecular flexibility index (Phi) is 8.02. The highest BCUT2D eigenvalue weighted by Gasteiger charge is 2.21. The number of nitrogens with one attached hydrogen (secondary N) is 2. The quantitative estimate of drug-likeness (QED) is 0.585.